The number of fused-ring (bicyclic) bond motifs is 2. The van der Waals surface area contributed by atoms with Crippen molar-refractivity contribution in [2.45, 2.75) is 13.1 Å². The number of hydrogen-bond donors (Lipinski definition) is 3. The maximum atomic E-state index is 8.52. The van der Waals surface area contributed by atoms with Crippen LogP contribution in [0.3, 0.4) is 0 Å². The molecule has 0 radical (unpaired) electrons. The van der Waals surface area contributed by atoms with Gasteiger partial charge < -0.3 is 19.4 Å². The molecule has 0 bridgehead atoms. The van der Waals surface area contributed by atoms with Crippen LogP contribution < -0.4 is 10.3 Å². The monoisotopic (exact) mass is 375 g/mol. The highest BCUT2D eigenvalue weighted by atomic mass is 32.3. The summed E-state index contributed by atoms with van der Waals surface area (Å²) in [5, 5.41) is 2.22. The van der Waals surface area contributed by atoms with Crippen molar-refractivity contribution >= 4 is 32.5 Å². The number of aromatic nitrogens is 4. The van der Waals surface area contributed by atoms with E-state index in [1.165, 1.54) is 0 Å². The lowest BCUT2D eigenvalue weighted by atomic mass is 10.3. The van der Waals surface area contributed by atoms with Crippen LogP contribution >= 0.6 is 0 Å². The van der Waals surface area contributed by atoms with Gasteiger partial charge >= 0.3 is 5.82 Å². The van der Waals surface area contributed by atoms with E-state index in [1.54, 1.807) is 0 Å². The Kier molecular flexibility index (Phi) is 5.28. The van der Waals surface area contributed by atoms with Crippen LogP contribution in [0.25, 0.3) is 22.1 Å². The lowest BCUT2D eigenvalue weighted by Gasteiger charge is -2.06. The maximum absolute atomic E-state index is 8.52. The van der Waals surface area contributed by atoms with Crippen LogP contribution in [0.2, 0.25) is 0 Å². The fourth-order valence-corrected chi connectivity index (χ4v) is 2.62. The molecule has 0 aliphatic carbocycles. The molecule has 4 rings (SSSR count). The molecule has 0 unspecified atom stereocenters. The van der Waals surface area contributed by atoms with Gasteiger partial charge in [-0.25, -0.2) is 15.0 Å². The summed E-state index contributed by atoms with van der Waals surface area (Å²) in [5.74, 6) is 2.12. The van der Waals surface area contributed by atoms with Crippen molar-refractivity contribution in [1.82, 2.24) is 15.0 Å². The molecule has 5 N–H and O–H groups in total. The third-order valence-electron chi connectivity index (χ3n) is 3.62. The highest BCUT2D eigenvalue weighted by Crippen LogP contribution is 2.09. The molecule has 9 nitrogen and oxygen atoms in total. The van der Waals surface area contributed by atoms with E-state index in [4.69, 9.17) is 17.5 Å². The van der Waals surface area contributed by atoms with Crippen LogP contribution in [0.5, 0.6) is 0 Å². The third kappa shape index (κ3) is 5.10. The Morgan fingerprint density at radius 3 is 2.31 bits per heavy atom. The summed E-state index contributed by atoms with van der Waals surface area (Å²) < 4.78 is 34.1. The molecule has 0 atom stereocenters. The number of quaternary nitrogens is 1. The summed E-state index contributed by atoms with van der Waals surface area (Å²) in [7, 11) is -5.17. The SMILES string of the molecule is O=S(=O)([O-])[O-].c1ccc2[nH]c(C[NH2+]Cc3[nH]c4ccccc4[nH+]3)nc2c1. The van der Waals surface area contributed by atoms with Gasteiger partial charge in [0.2, 0.25) is 0 Å². The van der Waals surface area contributed by atoms with Gasteiger partial charge in [0.05, 0.1) is 11.0 Å². The Hall–Kier alpha value is -2.79. The van der Waals surface area contributed by atoms with Crippen molar-refractivity contribution in [3.8, 4) is 0 Å². The first kappa shape index (κ1) is 18.0. The number of nitrogens with two attached hydrogens (primary N) is 1. The fourth-order valence-electron chi connectivity index (χ4n) is 2.62. The molecular formula is C16H17N5O4S. The Labute approximate surface area is 149 Å². The number of nitrogens with zero attached hydrogens (tertiary/aromatic N) is 1. The Morgan fingerprint density at radius 2 is 1.62 bits per heavy atom. The first-order chi connectivity index (χ1) is 12.4. The first-order valence-electron chi connectivity index (χ1n) is 7.79. The number of nitrogens with one attached hydrogen (secondary N) is 3. The number of rotatable bonds is 4. The van der Waals surface area contributed by atoms with E-state index in [1.807, 2.05) is 30.3 Å². The van der Waals surface area contributed by atoms with E-state index in [2.05, 4.69) is 43.5 Å². The fraction of sp³-hybridized carbons (Fsp3) is 0.125. The number of imidazole rings is 2. The molecular weight excluding hydrogens is 358 g/mol. The second-order valence-electron chi connectivity index (χ2n) is 5.58. The molecule has 2 aromatic carbocycles. The Balaban J connectivity index is 0.000000349. The van der Waals surface area contributed by atoms with Gasteiger partial charge in [0, 0.05) is 10.4 Å². The number of para-hydroxylation sites is 4. The van der Waals surface area contributed by atoms with Gasteiger partial charge in [0.15, 0.2) is 23.4 Å². The molecule has 0 spiro atoms. The molecule has 0 aliphatic heterocycles. The largest absolute Gasteiger partial charge is 0.759 e. The molecule has 136 valence electrons. The van der Waals surface area contributed by atoms with Gasteiger partial charge in [0.1, 0.15) is 6.54 Å². The van der Waals surface area contributed by atoms with Crippen LogP contribution in [0.4, 0.5) is 0 Å². The van der Waals surface area contributed by atoms with Crippen molar-refractivity contribution in [2.24, 2.45) is 0 Å². The van der Waals surface area contributed by atoms with Crippen LogP contribution in [0.15, 0.2) is 48.5 Å². The molecule has 26 heavy (non-hydrogen) atoms. The van der Waals surface area contributed by atoms with Crippen molar-refractivity contribution in [3.63, 3.8) is 0 Å². The lowest BCUT2D eigenvalue weighted by Crippen LogP contribution is -2.81. The average molecular weight is 375 g/mol. The second kappa shape index (κ2) is 7.62. The summed E-state index contributed by atoms with van der Waals surface area (Å²) in [6, 6.07) is 16.3. The summed E-state index contributed by atoms with van der Waals surface area (Å²) in [6.45, 7) is 1.70. The molecule has 2 aromatic heterocycles. The zero-order valence-corrected chi connectivity index (χ0v) is 14.4. The van der Waals surface area contributed by atoms with Gasteiger partial charge in [-0.3, -0.25) is 8.42 Å². The van der Waals surface area contributed by atoms with E-state index in [-0.39, 0.29) is 0 Å². The van der Waals surface area contributed by atoms with Gasteiger partial charge in [0.25, 0.3) is 0 Å². The molecule has 0 fully saturated rings. The van der Waals surface area contributed by atoms with Crippen LogP contribution in [0.1, 0.15) is 11.6 Å². The predicted octanol–water partition coefficient (Wildman–Crippen LogP) is -0.216. The number of benzene rings is 2. The smallest absolute Gasteiger partial charge is 0.309 e. The third-order valence-corrected chi connectivity index (χ3v) is 3.62. The zero-order chi connectivity index (χ0) is 18.6. The standard InChI is InChI=1S/C16H15N5.H2O4S/c1-2-6-12-11(5-1)18-15(19-12)9-17-10-16-20-13-7-3-4-8-14(13)21-16;1-5(2,3)4/h1-8,17H,9-10H2,(H,18,19)(H,20,21);(H2,1,2,3,4). The van der Waals surface area contributed by atoms with Gasteiger partial charge in [-0.1, -0.05) is 24.3 Å². The van der Waals surface area contributed by atoms with Crippen LogP contribution in [-0.4, -0.2) is 32.5 Å². The summed E-state index contributed by atoms with van der Waals surface area (Å²) in [4.78, 5) is 14.7. The van der Waals surface area contributed by atoms with E-state index in [0.29, 0.717) is 0 Å². The minimum absolute atomic E-state index is 0.831. The summed E-state index contributed by atoms with van der Waals surface area (Å²) >= 11 is 0. The molecule has 0 saturated heterocycles. The predicted molar refractivity (Wildman–Crippen MR) is 90.8 cm³/mol. The van der Waals surface area contributed by atoms with Crippen molar-refractivity contribution in [1.29, 1.82) is 0 Å². The van der Waals surface area contributed by atoms with Gasteiger partial charge in [-0.15, -0.1) is 0 Å². The summed E-state index contributed by atoms with van der Waals surface area (Å²) in [6.07, 6.45) is 0. The topological polar surface area (TPSA) is 155 Å². The Bertz CT molecular complexity index is 972. The summed E-state index contributed by atoms with van der Waals surface area (Å²) in [5.41, 5.74) is 4.41. The number of aromatic amines is 3. The highest BCUT2D eigenvalue weighted by Gasteiger charge is 2.11. The minimum Gasteiger partial charge on any atom is -0.759 e. The van der Waals surface area contributed by atoms with E-state index in [9.17, 15) is 0 Å². The number of hydrogen-bond acceptors (Lipinski definition) is 5. The quantitative estimate of drug-likeness (QED) is 0.332. The normalized spacial score (nSPS) is 11.5. The van der Waals surface area contributed by atoms with Crippen molar-refractivity contribution < 1.29 is 27.8 Å². The molecule has 0 aliphatic rings. The average Bonchev–Trinajstić information content (AvgIpc) is 3.15. The van der Waals surface area contributed by atoms with Crippen LogP contribution in [-0.2, 0) is 23.5 Å². The van der Waals surface area contributed by atoms with Crippen LogP contribution in [0, 0.1) is 0 Å². The molecule has 2 heterocycles. The minimum atomic E-state index is -5.17. The molecule has 0 saturated carbocycles. The lowest BCUT2D eigenvalue weighted by molar-refractivity contribution is -0.696. The molecule has 10 heteroatoms. The first-order valence-corrected chi connectivity index (χ1v) is 9.13. The number of H-pyrrole nitrogens is 3. The van der Waals surface area contributed by atoms with E-state index < -0.39 is 10.4 Å². The zero-order valence-electron chi connectivity index (χ0n) is 13.6. The van der Waals surface area contributed by atoms with E-state index in [0.717, 1.165) is 46.8 Å². The van der Waals surface area contributed by atoms with E-state index >= 15 is 0 Å². The van der Waals surface area contributed by atoms with Gasteiger partial charge in [-0.2, -0.15) is 0 Å². The molecule has 0 amide bonds. The molecule has 4 aromatic rings. The van der Waals surface area contributed by atoms with Crippen molar-refractivity contribution in [2.75, 3.05) is 0 Å². The van der Waals surface area contributed by atoms with Gasteiger partial charge in [-0.05, 0) is 24.3 Å². The second-order valence-corrected chi connectivity index (χ2v) is 6.40. The Morgan fingerprint density at radius 1 is 0.962 bits per heavy atom. The highest BCUT2D eigenvalue weighted by molar-refractivity contribution is 7.79. The van der Waals surface area contributed by atoms with Crippen molar-refractivity contribution in [3.05, 3.63) is 60.2 Å². The maximum Gasteiger partial charge on any atom is 0.309 e.